The minimum absolute atomic E-state index is 0.234. The molecular formula is C43H86NO3P. The molecule has 48 heavy (non-hydrogen) atoms. The van der Waals surface area contributed by atoms with Gasteiger partial charge in [0.15, 0.2) is 11.6 Å². The number of nitrogens with zero attached hydrogens (tertiary/aromatic N) is 1. The molecular weight excluding hydrogens is 609 g/mol. The molecule has 1 atom stereocenters. The second kappa shape index (κ2) is 32.6. The lowest BCUT2D eigenvalue weighted by Crippen LogP contribution is -2.64. The number of unbranched alkanes of at least 4 members (excludes halogenated alkanes) is 28. The largest absolute Gasteiger partial charge is 0.470 e. The molecule has 0 aromatic rings. The van der Waals surface area contributed by atoms with E-state index in [2.05, 4.69) is 20.8 Å². The molecule has 0 bridgehead atoms. The highest BCUT2D eigenvalue weighted by Gasteiger charge is 2.49. The molecule has 0 aromatic carbocycles. The maximum atomic E-state index is 13.7. The van der Waals surface area contributed by atoms with Gasteiger partial charge < -0.3 is 18.2 Å². The molecule has 0 saturated heterocycles. The molecule has 286 valence electrons. The van der Waals surface area contributed by atoms with Gasteiger partial charge in [-0.15, -0.1) is 0 Å². The quantitative estimate of drug-likeness (QED) is 0.0303. The van der Waals surface area contributed by atoms with Gasteiger partial charge in [0.05, 0.1) is 21.1 Å². The summed E-state index contributed by atoms with van der Waals surface area (Å²) in [5, 5.41) is 12.0. The van der Waals surface area contributed by atoms with Crippen LogP contribution in [-0.2, 0) is 9.59 Å². The number of hydrogen-bond donors (Lipinski definition) is 1. The van der Waals surface area contributed by atoms with Crippen molar-refractivity contribution in [3.63, 3.8) is 0 Å². The normalized spacial score (nSPS) is 13.1. The van der Waals surface area contributed by atoms with E-state index in [4.69, 9.17) is 0 Å². The van der Waals surface area contributed by atoms with E-state index >= 15 is 0 Å². The lowest BCUT2D eigenvalue weighted by molar-refractivity contribution is -0.885. The van der Waals surface area contributed by atoms with Gasteiger partial charge >= 0.3 is 0 Å². The van der Waals surface area contributed by atoms with Crippen LogP contribution in [0.4, 0.5) is 0 Å². The van der Waals surface area contributed by atoms with Gasteiger partial charge in [-0.1, -0.05) is 201 Å². The van der Waals surface area contributed by atoms with Crippen molar-refractivity contribution in [1.29, 1.82) is 0 Å². The Morgan fingerprint density at radius 3 is 0.896 bits per heavy atom. The average Bonchev–Trinajstić information content (AvgIpc) is 3.06. The minimum atomic E-state index is -1.87. The molecule has 0 rings (SSSR count). The van der Waals surface area contributed by atoms with E-state index in [1.807, 2.05) is 21.1 Å². The average molecular weight is 696 g/mol. The number of quaternary nitrogens is 1. The summed E-state index contributed by atoms with van der Waals surface area (Å²) in [5.74, 6) is -0.889. The monoisotopic (exact) mass is 696 g/mol. The fourth-order valence-corrected chi connectivity index (χ4v) is 8.64. The molecule has 0 aliphatic rings. The van der Waals surface area contributed by atoms with Crippen LogP contribution in [0.3, 0.4) is 0 Å². The van der Waals surface area contributed by atoms with Crippen LogP contribution in [0.5, 0.6) is 0 Å². The smallest absolute Gasteiger partial charge is 0.204 e. The number of Topliss-reactive ketones (excluding diaryl/α,β-unsaturated/α-hetero) is 2. The van der Waals surface area contributed by atoms with Gasteiger partial charge in [-0.05, 0) is 12.8 Å². The number of rotatable bonds is 38. The maximum absolute atomic E-state index is 13.7. The Labute approximate surface area is 303 Å². The SMILES string of the molecule is CCCCCCCCCCCCCCCCCC(=O)C(O)(C(=O)CCCCCCCCCCCCCCCCC)C([P-]CC)[N+](C)(C)C. The van der Waals surface area contributed by atoms with Crippen molar-refractivity contribution in [3.8, 4) is 0 Å². The van der Waals surface area contributed by atoms with Crippen molar-refractivity contribution in [3.05, 3.63) is 0 Å². The van der Waals surface area contributed by atoms with Crippen LogP contribution < -0.4 is 0 Å². The van der Waals surface area contributed by atoms with Crippen molar-refractivity contribution < 1.29 is 19.2 Å². The summed E-state index contributed by atoms with van der Waals surface area (Å²) < 4.78 is 0.418. The fourth-order valence-electron chi connectivity index (χ4n) is 7.25. The van der Waals surface area contributed by atoms with E-state index in [1.54, 1.807) is 0 Å². The maximum Gasteiger partial charge on any atom is 0.204 e. The first kappa shape index (κ1) is 47.7. The Hall–Kier alpha value is -0.310. The van der Waals surface area contributed by atoms with Gasteiger partial charge in [0.2, 0.25) is 5.60 Å². The number of likely N-dealkylation sites (N-methyl/N-ethyl adjacent to an activating group) is 1. The Kier molecular flexibility index (Phi) is 32.4. The van der Waals surface area contributed by atoms with Crippen molar-refractivity contribution in [2.24, 2.45) is 0 Å². The third-order valence-electron chi connectivity index (χ3n) is 10.3. The van der Waals surface area contributed by atoms with Gasteiger partial charge in [-0.25, -0.2) is 0 Å². The summed E-state index contributed by atoms with van der Waals surface area (Å²) in [6.45, 7) is 6.63. The van der Waals surface area contributed by atoms with Gasteiger partial charge in [-0.3, -0.25) is 9.59 Å². The first-order valence-corrected chi connectivity index (χ1v) is 22.6. The van der Waals surface area contributed by atoms with Crippen LogP contribution in [0.2, 0.25) is 0 Å². The third-order valence-corrected chi connectivity index (χ3v) is 12.1. The molecule has 0 saturated carbocycles. The van der Waals surface area contributed by atoms with Crippen molar-refractivity contribution >= 4 is 20.1 Å². The van der Waals surface area contributed by atoms with Crippen LogP contribution in [0.15, 0.2) is 0 Å². The zero-order valence-corrected chi connectivity index (χ0v) is 34.5. The van der Waals surface area contributed by atoms with Gasteiger partial charge in [-0.2, -0.15) is 6.16 Å². The summed E-state index contributed by atoms with van der Waals surface area (Å²) in [7, 11) is 7.01. The Morgan fingerprint density at radius 2 is 0.688 bits per heavy atom. The molecule has 0 spiro atoms. The number of ketones is 2. The van der Waals surface area contributed by atoms with E-state index in [0.717, 1.165) is 53.3 Å². The molecule has 0 aliphatic carbocycles. The molecule has 4 nitrogen and oxygen atoms in total. The summed E-state index contributed by atoms with van der Waals surface area (Å²) in [4.78, 5) is 27.4. The van der Waals surface area contributed by atoms with Crippen LogP contribution in [0.1, 0.15) is 226 Å². The molecule has 1 unspecified atom stereocenters. The van der Waals surface area contributed by atoms with Crippen LogP contribution in [0, 0.1) is 0 Å². The third kappa shape index (κ3) is 24.8. The molecule has 5 heteroatoms. The summed E-state index contributed by atoms with van der Waals surface area (Å²) in [6.07, 6.45) is 39.9. The number of carbonyl (C=O) groups is 2. The highest BCUT2D eigenvalue weighted by Crippen LogP contribution is 2.37. The van der Waals surface area contributed by atoms with Crippen LogP contribution >= 0.6 is 8.58 Å². The first-order valence-electron chi connectivity index (χ1n) is 21.4. The lowest BCUT2D eigenvalue weighted by atomic mass is 9.85. The Bertz CT molecular complexity index is 688. The predicted molar refractivity (Wildman–Crippen MR) is 213 cm³/mol. The summed E-state index contributed by atoms with van der Waals surface area (Å²) in [6, 6.07) is 0. The highest BCUT2D eigenvalue weighted by molar-refractivity contribution is 7.38. The van der Waals surface area contributed by atoms with E-state index < -0.39 is 11.4 Å². The highest BCUT2D eigenvalue weighted by atomic mass is 31.1. The van der Waals surface area contributed by atoms with E-state index in [9.17, 15) is 14.7 Å². The second-order valence-electron chi connectivity index (χ2n) is 16.0. The zero-order valence-electron chi connectivity index (χ0n) is 33.6. The zero-order chi connectivity index (χ0) is 35.8. The molecule has 0 radical (unpaired) electrons. The second-order valence-corrected chi connectivity index (χ2v) is 17.5. The fraction of sp³-hybridized carbons (Fsp3) is 0.953. The number of hydrogen-bond acceptors (Lipinski definition) is 3. The van der Waals surface area contributed by atoms with Gasteiger partial charge in [0.1, 0.15) is 0 Å². The van der Waals surface area contributed by atoms with E-state index in [0.29, 0.717) is 17.3 Å². The topological polar surface area (TPSA) is 54.4 Å². The molecule has 0 amide bonds. The van der Waals surface area contributed by atoms with Crippen LogP contribution in [-0.4, -0.2) is 59.8 Å². The summed E-state index contributed by atoms with van der Waals surface area (Å²) >= 11 is 0. The van der Waals surface area contributed by atoms with E-state index in [1.165, 1.54) is 154 Å². The number of carbonyl (C=O) groups excluding carboxylic acids is 2. The minimum Gasteiger partial charge on any atom is -0.470 e. The van der Waals surface area contributed by atoms with Crippen molar-refractivity contribution in [1.82, 2.24) is 0 Å². The summed E-state index contributed by atoms with van der Waals surface area (Å²) in [5.41, 5.74) is -1.87. The number of aliphatic hydroxyl groups is 1. The predicted octanol–water partition coefficient (Wildman–Crippen LogP) is 13.4. The van der Waals surface area contributed by atoms with Crippen molar-refractivity contribution in [2.75, 3.05) is 27.3 Å². The Balaban J connectivity index is 4.38. The first-order chi connectivity index (χ1) is 23.2. The Morgan fingerprint density at radius 1 is 0.458 bits per heavy atom. The molecule has 0 fully saturated rings. The van der Waals surface area contributed by atoms with E-state index in [-0.39, 0.29) is 11.6 Å². The van der Waals surface area contributed by atoms with Gasteiger partial charge in [0, 0.05) is 18.6 Å². The molecule has 0 aromatic heterocycles. The standard InChI is InChI=1S/C43H86NO3P/c1-7-10-12-14-16-18-20-22-24-26-28-30-32-34-36-38-40(45)43(47,42(48-9-3)44(4,5)6)41(46)39-37-35-33-31-29-27-25-23-21-19-17-15-13-11-8-2/h42,47H,7-39H2,1-6H3. The molecule has 1 N–H and O–H groups in total. The van der Waals surface area contributed by atoms with Crippen molar-refractivity contribution in [2.45, 2.75) is 238 Å². The lowest BCUT2D eigenvalue weighted by Gasteiger charge is -2.50. The van der Waals surface area contributed by atoms with Crippen LogP contribution in [0.25, 0.3) is 0 Å². The van der Waals surface area contributed by atoms with Gasteiger partial charge in [0.25, 0.3) is 0 Å². The molecule has 0 heterocycles. The molecule has 0 aliphatic heterocycles.